The Morgan fingerprint density at radius 2 is 1.81 bits per heavy atom. The van der Waals surface area contributed by atoms with E-state index < -0.39 is 14.1 Å². The third-order valence-corrected chi connectivity index (χ3v) is 10.0. The highest BCUT2D eigenvalue weighted by molar-refractivity contribution is 6.74. The molecule has 1 saturated heterocycles. The Hall–Kier alpha value is -1.21. The number of fused-ring (bicyclic) bond motifs is 1. The van der Waals surface area contributed by atoms with Gasteiger partial charge in [0, 0.05) is 6.20 Å². The largest absolute Gasteiger partial charge is 0.408 e. The maximum Gasteiger partial charge on any atom is 0.193 e. The minimum atomic E-state index is -1.91. The molecule has 4 atom stereocenters. The summed E-state index contributed by atoms with van der Waals surface area (Å²) in [7, 11) is -1.91. The number of nitrogens with zero attached hydrogens (tertiary/aromatic N) is 1. The topological polar surface area (TPSA) is 52.6 Å². The molecule has 1 fully saturated rings. The number of hydrogen-bond acceptors (Lipinski definition) is 5. The Labute approximate surface area is 158 Å². The summed E-state index contributed by atoms with van der Waals surface area (Å²) in [6.45, 7) is 15.2. The third-order valence-electron chi connectivity index (χ3n) is 5.57. The SMILES string of the molecule is CC1(C)O[C@@H]2[C@H](O1)[C@@H](Nc1ccccn1)C=C[C@H]2O[Si](C)(C)C(C)(C)C. The van der Waals surface area contributed by atoms with Crippen molar-refractivity contribution in [2.75, 3.05) is 5.32 Å². The average molecular weight is 377 g/mol. The van der Waals surface area contributed by atoms with Gasteiger partial charge in [0.15, 0.2) is 14.1 Å². The van der Waals surface area contributed by atoms with Crippen LogP contribution in [0.5, 0.6) is 0 Å². The van der Waals surface area contributed by atoms with Crippen molar-refractivity contribution in [3.8, 4) is 0 Å². The zero-order chi connectivity index (χ0) is 19.2. The first-order valence-electron chi connectivity index (χ1n) is 9.38. The van der Waals surface area contributed by atoms with Crippen molar-refractivity contribution in [3.05, 3.63) is 36.5 Å². The minimum Gasteiger partial charge on any atom is -0.408 e. The molecule has 1 aromatic heterocycles. The van der Waals surface area contributed by atoms with Gasteiger partial charge in [0.05, 0.1) is 12.1 Å². The van der Waals surface area contributed by atoms with Crippen molar-refractivity contribution in [1.29, 1.82) is 0 Å². The number of pyridine rings is 1. The summed E-state index contributed by atoms with van der Waals surface area (Å²) in [5.41, 5.74) is 0. The molecule has 1 aliphatic carbocycles. The molecule has 6 heteroatoms. The van der Waals surface area contributed by atoms with Gasteiger partial charge < -0.3 is 19.2 Å². The van der Waals surface area contributed by atoms with Gasteiger partial charge in [0.25, 0.3) is 0 Å². The van der Waals surface area contributed by atoms with Crippen molar-refractivity contribution < 1.29 is 13.9 Å². The fraction of sp³-hybridized carbons (Fsp3) is 0.650. The Kier molecular flexibility index (Phi) is 5.07. The Morgan fingerprint density at radius 3 is 2.42 bits per heavy atom. The number of hydrogen-bond donors (Lipinski definition) is 1. The molecule has 0 spiro atoms. The molecule has 1 aliphatic heterocycles. The van der Waals surface area contributed by atoms with E-state index in [2.05, 4.69) is 56.3 Å². The lowest BCUT2D eigenvalue weighted by Gasteiger charge is -2.42. The van der Waals surface area contributed by atoms with Crippen LogP contribution in [0.4, 0.5) is 5.82 Å². The van der Waals surface area contributed by atoms with Gasteiger partial charge in [0.2, 0.25) is 0 Å². The fourth-order valence-corrected chi connectivity index (χ4v) is 4.42. The molecule has 26 heavy (non-hydrogen) atoms. The standard InChI is InChI=1S/C20H32N2O3Si/c1-19(2,3)26(6,7)25-15-12-11-14(22-16-10-8-9-13-21-16)17-18(15)24-20(4,5)23-17/h8-15,17-18H,1-7H3,(H,21,22)/t14-,15+,17+,18-/m0/s1. The van der Waals surface area contributed by atoms with Gasteiger partial charge in [-0.25, -0.2) is 4.98 Å². The molecule has 0 saturated carbocycles. The molecule has 0 amide bonds. The summed E-state index contributed by atoms with van der Waals surface area (Å²) in [5, 5.41) is 3.60. The summed E-state index contributed by atoms with van der Waals surface area (Å²) < 4.78 is 19.1. The van der Waals surface area contributed by atoms with Crippen LogP contribution < -0.4 is 5.32 Å². The van der Waals surface area contributed by atoms with Gasteiger partial charge >= 0.3 is 0 Å². The highest BCUT2D eigenvalue weighted by Crippen LogP contribution is 2.42. The average Bonchev–Trinajstić information content (AvgIpc) is 2.85. The molecular formula is C20H32N2O3Si. The molecule has 2 aliphatic rings. The molecule has 1 N–H and O–H groups in total. The Morgan fingerprint density at radius 1 is 1.12 bits per heavy atom. The molecule has 0 bridgehead atoms. The second-order valence-corrected chi connectivity index (χ2v) is 13.9. The van der Waals surface area contributed by atoms with E-state index in [4.69, 9.17) is 13.9 Å². The first kappa shape index (κ1) is 19.5. The van der Waals surface area contributed by atoms with Gasteiger partial charge in [-0.15, -0.1) is 0 Å². The molecular weight excluding hydrogens is 344 g/mol. The van der Waals surface area contributed by atoms with Crippen LogP contribution in [0.2, 0.25) is 18.1 Å². The first-order valence-corrected chi connectivity index (χ1v) is 12.3. The highest BCUT2D eigenvalue weighted by atomic mass is 28.4. The van der Waals surface area contributed by atoms with Crippen LogP contribution in [0.25, 0.3) is 0 Å². The first-order chi connectivity index (χ1) is 12.0. The third kappa shape index (κ3) is 4.03. The van der Waals surface area contributed by atoms with Gasteiger partial charge in [-0.05, 0) is 44.1 Å². The van der Waals surface area contributed by atoms with Gasteiger partial charge in [-0.1, -0.05) is 39.0 Å². The lowest BCUT2D eigenvalue weighted by molar-refractivity contribution is -0.151. The van der Waals surface area contributed by atoms with Crippen molar-refractivity contribution in [2.24, 2.45) is 0 Å². The summed E-state index contributed by atoms with van der Waals surface area (Å²) >= 11 is 0. The quantitative estimate of drug-likeness (QED) is 0.626. The maximum absolute atomic E-state index is 6.65. The Balaban J connectivity index is 1.82. The van der Waals surface area contributed by atoms with E-state index >= 15 is 0 Å². The van der Waals surface area contributed by atoms with Crippen LogP contribution in [0, 0.1) is 0 Å². The molecule has 1 aromatic rings. The van der Waals surface area contributed by atoms with E-state index in [1.54, 1.807) is 6.20 Å². The van der Waals surface area contributed by atoms with Gasteiger partial charge in [0.1, 0.15) is 18.0 Å². The fourth-order valence-electron chi connectivity index (χ4n) is 3.17. The van der Waals surface area contributed by atoms with Crippen molar-refractivity contribution in [2.45, 2.75) is 82.9 Å². The van der Waals surface area contributed by atoms with Crippen LogP contribution in [0.1, 0.15) is 34.6 Å². The van der Waals surface area contributed by atoms with Gasteiger partial charge in [-0.2, -0.15) is 0 Å². The van der Waals surface area contributed by atoms with Crippen molar-refractivity contribution in [3.63, 3.8) is 0 Å². The van der Waals surface area contributed by atoms with Crippen LogP contribution in [0.3, 0.4) is 0 Å². The summed E-state index contributed by atoms with van der Waals surface area (Å²) in [5.74, 6) is 0.207. The number of anilines is 1. The maximum atomic E-state index is 6.65. The monoisotopic (exact) mass is 376 g/mol. The van der Waals surface area contributed by atoms with Crippen LogP contribution >= 0.6 is 0 Å². The highest BCUT2D eigenvalue weighted by Gasteiger charge is 2.52. The molecule has 5 nitrogen and oxygen atoms in total. The van der Waals surface area contributed by atoms with E-state index in [-0.39, 0.29) is 29.4 Å². The summed E-state index contributed by atoms with van der Waals surface area (Å²) in [4.78, 5) is 4.37. The smallest absolute Gasteiger partial charge is 0.193 e. The predicted molar refractivity (Wildman–Crippen MR) is 107 cm³/mol. The van der Waals surface area contributed by atoms with E-state index in [0.717, 1.165) is 5.82 Å². The second-order valence-electron chi connectivity index (χ2n) is 9.18. The molecule has 2 heterocycles. The molecule has 0 unspecified atom stereocenters. The predicted octanol–water partition coefficient (Wildman–Crippen LogP) is 4.34. The van der Waals surface area contributed by atoms with Crippen LogP contribution in [0.15, 0.2) is 36.5 Å². The minimum absolute atomic E-state index is 0.00376. The number of aromatic nitrogens is 1. The molecule has 3 rings (SSSR count). The number of rotatable bonds is 4. The molecule has 0 aromatic carbocycles. The zero-order valence-electron chi connectivity index (χ0n) is 16.9. The molecule has 0 radical (unpaired) electrons. The van der Waals surface area contributed by atoms with E-state index in [9.17, 15) is 0 Å². The number of ether oxygens (including phenoxy) is 2. The Bertz CT molecular complexity index is 655. The summed E-state index contributed by atoms with van der Waals surface area (Å²) in [6.07, 6.45) is 5.71. The van der Waals surface area contributed by atoms with Gasteiger partial charge in [-0.3, -0.25) is 0 Å². The normalized spacial score (nSPS) is 30.9. The lowest BCUT2D eigenvalue weighted by atomic mass is 9.94. The van der Waals surface area contributed by atoms with E-state index in [0.29, 0.717) is 0 Å². The van der Waals surface area contributed by atoms with Crippen LogP contribution in [-0.2, 0) is 13.9 Å². The lowest BCUT2D eigenvalue weighted by Crippen LogP contribution is -2.53. The second kappa shape index (κ2) is 6.75. The summed E-state index contributed by atoms with van der Waals surface area (Å²) in [6, 6.07) is 5.84. The van der Waals surface area contributed by atoms with Crippen molar-refractivity contribution in [1.82, 2.24) is 4.98 Å². The number of nitrogens with one attached hydrogen (secondary N) is 1. The molecule has 144 valence electrons. The zero-order valence-corrected chi connectivity index (χ0v) is 17.9. The van der Waals surface area contributed by atoms with E-state index in [1.807, 2.05) is 32.0 Å². The van der Waals surface area contributed by atoms with Crippen molar-refractivity contribution >= 4 is 14.1 Å². The van der Waals surface area contributed by atoms with E-state index in [1.165, 1.54) is 0 Å². The van der Waals surface area contributed by atoms with Crippen LogP contribution in [-0.4, -0.2) is 43.4 Å².